The van der Waals surface area contributed by atoms with Crippen LogP contribution in [0.2, 0.25) is 0 Å². The fourth-order valence-corrected chi connectivity index (χ4v) is 3.22. The number of ether oxygens (including phenoxy) is 1. The van der Waals surface area contributed by atoms with E-state index in [1.165, 1.54) is 5.69 Å². The zero-order valence-corrected chi connectivity index (χ0v) is 14.4. The van der Waals surface area contributed by atoms with Crippen LogP contribution >= 0.6 is 15.9 Å². The van der Waals surface area contributed by atoms with Crippen molar-refractivity contribution in [3.63, 3.8) is 0 Å². The summed E-state index contributed by atoms with van der Waals surface area (Å²) in [5, 5.41) is 3.66. The lowest BCUT2D eigenvalue weighted by Crippen LogP contribution is -2.58. The molecule has 0 saturated carbocycles. The molecule has 2 unspecified atom stereocenters. The first-order valence-corrected chi connectivity index (χ1v) is 8.19. The Morgan fingerprint density at radius 1 is 1.45 bits per heavy atom. The second-order valence-corrected chi connectivity index (χ2v) is 6.71. The van der Waals surface area contributed by atoms with Crippen molar-refractivity contribution >= 4 is 21.6 Å². The SMILES string of the molecule is CCC1CN(c2cc(Br)ccc2OC)C(C(C)C)CN1. The highest BCUT2D eigenvalue weighted by molar-refractivity contribution is 9.10. The normalized spacial score (nSPS) is 23.2. The third kappa shape index (κ3) is 3.29. The number of nitrogens with zero attached hydrogens (tertiary/aromatic N) is 1. The van der Waals surface area contributed by atoms with Crippen LogP contribution in [0, 0.1) is 5.92 Å². The topological polar surface area (TPSA) is 24.5 Å². The third-order valence-electron chi connectivity index (χ3n) is 4.15. The Labute approximate surface area is 130 Å². The van der Waals surface area contributed by atoms with Crippen LogP contribution in [-0.2, 0) is 0 Å². The van der Waals surface area contributed by atoms with Crippen LogP contribution in [0.3, 0.4) is 0 Å². The van der Waals surface area contributed by atoms with Crippen molar-refractivity contribution in [1.82, 2.24) is 5.32 Å². The summed E-state index contributed by atoms with van der Waals surface area (Å²) in [6.07, 6.45) is 1.15. The van der Waals surface area contributed by atoms with Crippen LogP contribution in [0.1, 0.15) is 27.2 Å². The van der Waals surface area contributed by atoms with Crippen LogP contribution in [0.4, 0.5) is 5.69 Å². The zero-order valence-electron chi connectivity index (χ0n) is 12.8. The number of methoxy groups -OCH3 is 1. The van der Waals surface area contributed by atoms with E-state index < -0.39 is 0 Å². The van der Waals surface area contributed by atoms with Gasteiger partial charge in [-0.15, -0.1) is 0 Å². The highest BCUT2D eigenvalue weighted by Crippen LogP contribution is 2.35. The molecule has 3 nitrogen and oxygen atoms in total. The maximum Gasteiger partial charge on any atom is 0.142 e. The van der Waals surface area contributed by atoms with Crippen molar-refractivity contribution in [2.75, 3.05) is 25.1 Å². The molecule has 1 aromatic carbocycles. The molecule has 1 saturated heterocycles. The number of hydrogen-bond acceptors (Lipinski definition) is 3. The van der Waals surface area contributed by atoms with Gasteiger partial charge in [0.2, 0.25) is 0 Å². The van der Waals surface area contributed by atoms with E-state index in [-0.39, 0.29) is 0 Å². The van der Waals surface area contributed by atoms with Crippen LogP contribution < -0.4 is 15.0 Å². The van der Waals surface area contributed by atoms with Crippen molar-refractivity contribution in [2.45, 2.75) is 39.3 Å². The Hall–Kier alpha value is -0.740. The van der Waals surface area contributed by atoms with E-state index in [9.17, 15) is 0 Å². The average molecular weight is 341 g/mol. The maximum atomic E-state index is 5.57. The minimum atomic E-state index is 0.501. The van der Waals surface area contributed by atoms with Gasteiger partial charge >= 0.3 is 0 Å². The van der Waals surface area contributed by atoms with E-state index in [2.05, 4.69) is 53.0 Å². The molecule has 1 fully saturated rings. The molecule has 4 heteroatoms. The molecule has 1 aliphatic rings. The number of benzene rings is 1. The standard InChI is InChI=1S/C16H25BrN2O/c1-5-13-10-19(15(9-18-13)11(2)3)14-8-12(17)6-7-16(14)20-4/h6-8,11,13,15,18H,5,9-10H2,1-4H3. The molecule has 1 aromatic rings. The third-order valence-corrected chi connectivity index (χ3v) is 4.64. The van der Waals surface area contributed by atoms with Crippen molar-refractivity contribution in [1.29, 1.82) is 0 Å². The molecule has 1 heterocycles. The summed E-state index contributed by atoms with van der Waals surface area (Å²) in [5.74, 6) is 1.56. The number of rotatable bonds is 4. The largest absolute Gasteiger partial charge is 0.495 e. The fourth-order valence-electron chi connectivity index (χ4n) is 2.87. The van der Waals surface area contributed by atoms with Gasteiger partial charge in [-0.05, 0) is 30.5 Å². The van der Waals surface area contributed by atoms with Gasteiger partial charge in [0, 0.05) is 29.6 Å². The van der Waals surface area contributed by atoms with E-state index in [4.69, 9.17) is 4.74 Å². The molecule has 112 valence electrons. The van der Waals surface area contributed by atoms with E-state index >= 15 is 0 Å². The maximum absolute atomic E-state index is 5.57. The van der Waals surface area contributed by atoms with Gasteiger partial charge < -0.3 is 15.0 Å². The zero-order chi connectivity index (χ0) is 14.7. The second-order valence-electron chi connectivity index (χ2n) is 5.79. The first kappa shape index (κ1) is 15.6. The van der Waals surface area contributed by atoms with Crippen LogP contribution in [0.15, 0.2) is 22.7 Å². The van der Waals surface area contributed by atoms with Crippen molar-refractivity contribution in [3.8, 4) is 5.75 Å². The van der Waals surface area contributed by atoms with Gasteiger partial charge in [0.05, 0.1) is 12.8 Å². The Morgan fingerprint density at radius 2 is 2.20 bits per heavy atom. The molecule has 0 aromatic heterocycles. The summed E-state index contributed by atoms with van der Waals surface area (Å²) in [7, 11) is 1.75. The fraction of sp³-hybridized carbons (Fsp3) is 0.625. The van der Waals surface area contributed by atoms with Gasteiger partial charge in [-0.2, -0.15) is 0 Å². The summed E-state index contributed by atoms with van der Waals surface area (Å²) >= 11 is 3.58. The van der Waals surface area contributed by atoms with Gasteiger partial charge in [-0.25, -0.2) is 0 Å². The highest BCUT2D eigenvalue weighted by atomic mass is 79.9. The van der Waals surface area contributed by atoms with Crippen LogP contribution in [-0.4, -0.2) is 32.3 Å². The summed E-state index contributed by atoms with van der Waals surface area (Å²) in [4.78, 5) is 2.51. The van der Waals surface area contributed by atoms with Crippen molar-refractivity contribution < 1.29 is 4.74 Å². The molecule has 0 bridgehead atoms. The molecule has 1 aliphatic heterocycles. The number of anilines is 1. The number of hydrogen-bond donors (Lipinski definition) is 1. The Bertz CT molecular complexity index is 450. The van der Waals surface area contributed by atoms with E-state index in [1.807, 2.05) is 12.1 Å². The molecular weight excluding hydrogens is 316 g/mol. The molecule has 2 rings (SSSR count). The minimum absolute atomic E-state index is 0.501. The molecular formula is C16H25BrN2O. The Morgan fingerprint density at radius 3 is 2.80 bits per heavy atom. The molecule has 0 radical (unpaired) electrons. The Kier molecular flexibility index (Phi) is 5.33. The quantitative estimate of drug-likeness (QED) is 0.904. The summed E-state index contributed by atoms with van der Waals surface area (Å²) in [6.45, 7) is 8.88. The first-order chi connectivity index (χ1) is 9.56. The molecule has 2 atom stereocenters. The highest BCUT2D eigenvalue weighted by Gasteiger charge is 2.30. The minimum Gasteiger partial charge on any atom is -0.495 e. The van der Waals surface area contributed by atoms with Gasteiger partial charge in [-0.3, -0.25) is 0 Å². The van der Waals surface area contributed by atoms with Gasteiger partial charge in [0.1, 0.15) is 5.75 Å². The van der Waals surface area contributed by atoms with Gasteiger partial charge in [0.15, 0.2) is 0 Å². The van der Waals surface area contributed by atoms with Crippen LogP contribution in [0.5, 0.6) is 5.75 Å². The molecule has 20 heavy (non-hydrogen) atoms. The molecule has 0 aliphatic carbocycles. The van der Waals surface area contributed by atoms with E-state index in [1.54, 1.807) is 7.11 Å². The number of nitrogens with one attached hydrogen (secondary N) is 1. The molecule has 1 N–H and O–H groups in total. The Balaban J connectivity index is 2.36. The monoisotopic (exact) mass is 340 g/mol. The average Bonchev–Trinajstić information content (AvgIpc) is 2.46. The van der Waals surface area contributed by atoms with Gasteiger partial charge in [-0.1, -0.05) is 36.7 Å². The first-order valence-electron chi connectivity index (χ1n) is 7.40. The van der Waals surface area contributed by atoms with E-state index in [0.29, 0.717) is 18.0 Å². The van der Waals surface area contributed by atoms with Crippen molar-refractivity contribution in [2.24, 2.45) is 5.92 Å². The lowest BCUT2D eigenvalue weighted by atomic mass is 9.96. The lowest BCUT2D eigenvalue weighted by Gasteiger charge is -2.44. The summed E-state index contributed by atoms with van der Waals surface area (Å²) < 4.78 is 6.67. The number of halogens is 1. The predicted octanol–water partition coefficient (Wildman–Crippen LogP) is 3.67. The van der Waals surface area contributed by atoms with Gasteiger partial charge in [0.25, 0.3) is 0 Å². The number of piperazine rings is 1. The smallest absolute Gasteiger partial charge is 0.142 e. The van der Waals surface area contributed by atoms with E-state index in [0.717, 1.165) is 29.7 Å². The lowest BCUT2D eigenvalue weighted by molar-refractivity contribution is 0.328. The second kappa shape index (κ2) is 6.81. The van der Waals surface area contributed by atoms with Crippen molar-refractivity contribution in [3.05, 3.63) is 22.7 Å². The summed E-state index contributed by atoms with van der Waals surface area (Å²) in [5.41, 5.74) is 1.19. The molecule has 0 amide bonds. The van der Waals surface area contributed by atoms with Crippen LogP contribution in [0.25, 0.3) is 0 Å². The predicted molar refractivity (Wildman–Crippen MR) is 88.7 cm³/mol. The summed E-state index contributed by atoms with van der Waals surface area (Å²) in [6, 6.07) is 7.30. The molecule has 0 spiro atoms.